The Hall–Kier alpha value is -0.900. The lowest BCUT2D eigenvalue weighted by Gasteiger charge is -2.33. The zero-order valence-electron chi connectivity index (χ0n) is 9.50. The summed E-state index contributed by atoms with van der Waals surface area (Å²) >= 11 is 0. The fourth-order valence-corrected chi connectivity index (χ4v) is 2.04. The van der Waals surface area contributed by atoms with Crippen LogP contribution in [0.1, 0.15) is 31.4 Å². The number of benzene rings is 1. The number of ether oxygens (including phenoxy) is 2. The molecule has 1 aliphatic heterocycles. The van der Waals surface area contributed by atoms with E-state index < -0.39 is 0 Å². The van der Waals surface area contributed by atoms with Gasteiger partial charge in [0, 0.05) is 19.4 Å². The summed E-state index contributed by atoms with van der Waals surface area (Å²) in [7, 11) is 0. The third-order valence-electron chi connectivity index (χ3n) is 2.79. The Bertz CT molecular complexity index is 312. The van der Waals surface area contributed by atoms with E-state index >= 15 is 0 Å². The molecule has 16 heavy (non-hydrogen) atoms. The van der Waals surface area contributed by atoms with E-state index in [2.05, 4.69) is 0 Å². The average Bonchev–Trinajstić information content (AvgIpc) is 2.30. The molecular weight excluding hydrogens is 204 g/mol. The molecule has 0 aromatic heterocycles. The van der Waals surface area contributed by atoms with E-state index in [1.165, 1.54) is 0 Å². The van der Waals surface area contributed by atoms with Gasteiger partial charge < -0.3 is 14.6 Å². The highest BCUT2D eigenvalue weighted by molar-refractivity contribution is 5.18. The van der Waals surface area contributed by atoms with Gasteiger partial charge in [0.2, 0.25) is 0 Å². The van der Waals surface area contributed by atoms with Crippen LogP contribution in [0, 0.1) is 0 Å². The molecular formula is C13H18O3. The standard InChI is InChI=1S/C13H18O3/c1-2-15-13-9-11(14)8-12(16-13)10-6-4-3-5-7-10/h3-7,11-14H,2,8-9H2,1H3/t11-,12+,13-/m1/s1. The van der Waals surface area contributed by atoms with Crippen LogP contribution in [0.15, 0.2) is 30.3 Å². The monoisotopic (exact) mass is 222 g/mol. The maximum absolute atomic E-state index is 9.78. The lowest BCUT2D eigenvalue weighted by Crippen LogP contribution is -2.33. The number of aliphatic hydroxyl groups excluding tert-OH is 1. The molecule has 0 aliphatic carbocycles. The Morgan fingerprint density at radius 2 is 2.06 bits per heavy atom. The van der Waals surface area contributed by atoms with Crippen molar-refractivity contribution >= 4 is 0 Å². The van der Waals surface area contributed by atoms with Crippen molar-refractivity contribution in [3.8, 4) is 0 Å². The van der Waals surface area contributed by atoms with Crippen molar-refractivity contribution in [1.82, 2.24) is 0 Å². The van der Waals surface area contributed by atoms with E-state index in [0.29, 0.717) is 19.4 Å². The average molecular weight is 222 g/mol. The van der Waals surface area contributed by atoms with Crippen molar-refractivity contribution in [1.29, 1.82) is 0 Å². The maximum Gasteiger partial charge on any atom is 0.160 e. The molecule has 1 N–H and O–H groups in total. The maximum atomic E-state index is 9.78. The Morgan fingerprint density at radius 1 is 1.31 bits per heavy atom. The Balaban J connectivity index is 2.04. The van der Waals surface area contributed by atoms with Gasteiger partial charge in [0.15, 0.2) is 6.29 Å². The van der Waals surface area contributed by atoms with Gasteiger partial charge in [-0.1, -0.05) is 30.3 Å². The van der Waals surface area contributed by atoms with Crippen molar-refractivity contribution < 1.29 is 14.6 Å². The highest BCUT2D eigenvalue weighted by Gasteiger charge is 2.29. The first kappa shape index (κ1) is 11.6. The molecule has 1 aromatic rings. The van der Waals surface area contributed by atoms with Gasteiger partial charge in [-0.15, -0.1) is 0 Å². The molecule has 0 bridgehead atoms. The molecule has 0 saturated carbocycles. The molecule has 3 heteroatoms. The second-order valence-electron chi connectivity index (χ2n) is 4.05. The molecule has 1 fully saturated rings. The smallest absolute Gasteiger partial charge is 0.160 e. The van der Waals surface area contributed by atoms with Crippen LogP contribution in [-0.4, -0.2) is 24.1 Å². The first-order valence-corrected chi connectivity index (χ1v) is 5.79. The van der Waals surface area contributed by atoms with Gasteiger partial charge in [-0.2, -0.15) is 0 Å². The summed E-state index contributed by atoms with van der Waals surface area (Å²) in [6.07, 6.45) is 0.543. The highest BCUT2D eigenvalue weighted by atomic mass is 16.7. The summed E-state index contributed by atoms with van der Waals surface area (Å²) in [6.45, 7) is 2.54. The van der Waals surface area contributed by atoms with Crippen molar-refractivity contribution in [2.45, 2.75) is 38.3 Å². The molecule has 88 valence electrons. The van der Waals surface area contributed by atoms with Gasteiger partial charge in [0.25, 0.3) is 0 Å². The second kappa shape index (κ2) is 5.43. The van der Waals surface area contributed by atoms with Crippen molar-refractivity contribution in [3.05, 3.63) is 35.9 Å². The molecule has 1 aliphatic rings. The van der Waals surface area contributed by atoms with Gasteiger partial charge >= 0.3 is 0 Å². The van der Waals surface area contributed by atoms with Crippen molar-refractivity contribution in [2.24, 2.45) is 0 Å². The highest BCUT2D eigenvalue weighted by Crippen LogP contribution is 2.31. The Kier molecular flexibility index (Phi) is 3.93. The lowest BCUT2D eigenvalue weighted by atomic mass is 9.99. The van der Waals surface area contributed by atoms with Gasteiger partial charge in [0.1, 0.15) is 0 Å². The van der Waals surface area contributed by atoms with Crippen LogP contribution < -0.4 is 0 Å². The topological polar surface area (TPSA) is 38.7 Å². The van der Waals surface area contributed by atoms with Crippen LogP contribution >= 0.6 is 0 Å². The van der Waals surface area contributed by atoms with Crippen LogP contribution in [0.5, 0.6) is 0 Å². The van der Waals surface area contributed by atoms with E-state index in [4.69, 9.17) is 9.47 Å². The summed E-state index contributed by atoms with van der Waals surface area (Å²) in [4.78, 5) is 0. The predicted octanol–water partition coefficient (Wildman–Crippen LogP) is 2.26. The molecule has 2 rings (SSSR count). The molecule has 3 nitrogen and oxygen atoms in total. The summed E-state index contributed by atoms with van der Waals surface area (Å²) in [5.41, 5.74) is 1.10. The predicted molar refractivity (Wildman–Crippen MR) is 60.9 cm³/mol. The molecule has 3 atom stereocenters. The van der Waals surface area contributed by atoms with E-state index in [1.54, 1.807) is 0 Å². The zero-order valence-corrected chi connectivity index (χ0v) is 9.50. The second-order valence-corrected chi connectivity index (χ2v) is 4.05. The van der Waals surface area contributed by atoms with Crippen LogP contribution in [0.4, 0.5) is 0 Å². The summed E-state index contributed by atoms with van der Waals surface area (Å²) < 4.78 is 11.2. The summed E-state index contributed by atoms with van der Waals surface area (Å²) in [6, 6.07) is 9.98. The molecule has 1 saturated heterocycles. The number of hydrogen-bond donors (Lipinski definition) is 1. The molecule has 1 heterocycles. The van der Waals surface area contributed by atoms with Crippen molar-refractivity contribution in [2.75, 3.05) is 6.61 Å². The van der Waals surface area contributed by atoms with E-state index in [9.17, 15) is 5.11 Å². The number of rotatable bonds is 3. The fourth-order valence-electron chi connectivity index (χ4n) is 2.04. The first-order valence-electron chi connectivity index (χ1n) is 5.79. The minimum Gasteiger partial charge on any atom is -0.393 e. The van der Waals surface area contributed by atoms with Gasteiger partial charge in [-0.05, 0) is 12.5 Å². The molecule has 0 unspecified atom stereocenters. The first-order chi connectivity index (χ1) is 7.79. The van der Waals surface area contributed by atoms with Gasteiger partial charge in [-0.3, -0.25) is 0 Å². The van der Waals surface area contributed by atoms with Crippen LogP contribution in [0.2, 0.25) is 0 Å². The minimum absolute atomic E-state index is 0.0542. The quantitative estimate of drug-likeness (QED) is 0.852. The molecule has 0 radical (unpaired) electrons. The van der Waals surface area contributed by atoms with Gasteiger partial charge in [-0.25, -0.2) is 0 Å². The number of aliphatic hydroxyl groups is 1. The SMILES string of the molecule is CCO[C@H]1C[C@H](O)C[C@@H](c2ccccc2)O1. The molecule has 0 spiro atoms. The summed E-state index contributed by atoms with van der Waals surface area (Å²) in [5.74, 6) is 0. The van der Waals surface area contributed by atoms with E-state index in [-0.39, 0.29) is 18.5 Å². The van der Waals surface area contributed by atoms with E-state index in [0.717, 1.165) is 5.56 Å². The van der Waals surface area contributed by atoms with Crippen LogP contribution in [-0.2, 0) is 9.47 Å². The van der Waals surface area contributed by atoms with Crippen molar-refractivity contribution in [3.63, 3.8) is 0 Å². The molecule has 1 aromatic carbocycles. The van der Waals surface area contributed by atoms with Crippen LogP contribution in [0.3, 0.4) is 0 Å². The number of hydrogen-bond acceptors (Lipinski definition) is 3. The third-order valence-corrected chi connectivity index (χ3v) is 2.79. The normalized spacial score (nSPS) is 30.2. The molecule has 0 amide bonds. The van der Waals surface area contributed by atoms with Gasteiger partial charge in [0.05, 0.1) is 12.2 Å². The Labute approximate surface area is 96.0 Å². The lowest BCUT2D eigenvalue weighted by molar-refractivity contribution is -0.215. The van der Waals surface area contributed by atoms with Crippen LogP contribution in [0.25, 0.3) is 0 Å². The minimum atomic E-state index is -0.337. The summed E-state index contributed by atoms with van der Waals surface area (Å²) in [5, 5.41) is 9.78. The Morgan fingerprint density at radius 3 is 2.75 bits per heavy atom. The largest absolute Gasteiger partial charge is 0.393 e. The van der Waals surface area contributed by atoms with E-state index in [1.807, 2.05) is 37.3 Å². The zero-order chi connectivity index (χ0) is 11.4. The fraction of sp³-hybridized carbons (Fsp3) is 0.538. The third kappa shape index (κ3) is 2.82.